The molecule has 0 aliphatic heterocycles. The third-order valence-corrected chi connectivity index (χ3v) is 8.98. The van der Waals surface area contributed by atoms with E-state index < -0.39 is 28.5 Å². The van der Waals surface area contributed by atoms with Gasteiger partial charge in [0.1, 0.15) is 18.3 Å². The highest BCUT2D eigenvalue weighted by molar-refractivity contribution is 7.92. The van der Waals surface area contributed by atoms with E-state index in [1.165, 1.54) is 24.1 Å². The first kappa shape index (κ1) is 32.6. The summed E-state index contributed by atoms with van der Waals surface area (Å²) in [6, 6.07) is 29.7. The van der Waals surface area contributed by atoms with Crippen LogP contribution in [0.5, 0.6) is 5.75 Å². The number of hydrogen-bond acceptors (Lipinski definition) is 5. The van der Waals surface area contributed by atoms with Gasteiger partial charge >= 0.3 is 0 Å². The van der Waals surface area contributed by atoms with Gasteiger partial charge in [0.25, 0.3) is 10.0 Å². The summed E-state index contributed by atoms with van der Waals surface area (Å²) < 4.78 is 34.4. The maximum atomic E-state index is 14.4. The molecule has 4 rings (SSSR count). The number of carbonyl (C=O) groups excluding carboxylic acids is 2. The molecule has 0 radical (unpaired) electrons. The number of benzene rings is 4. The smallest absolute Gasteiger partial charge is 0.264 e. The number of nitrogens with zero attached hydrogens (tertiary/aromatic N) is 2. The van der Waals surface area contributed by atoms with Crippen molar-refractivity contribution in [3.05, 3.63) is 125 Å². The molecule has 8 nitrogen and oxygen atoms in total. The molecule has 230 valence electrons. The number of hydrogen-bond donors (Lipinski definition) is 1. The van der Waals surface area contributed by atoms with Crippen LogP contribution in [0, 0.1) is 0 Å². The Hall–Kier alpha value is -4.34. The Labute approximate surface area is 264 Å². The van der Waals surface area contributed by atoms with Crippen molar-refractivity contribution in [2.24, 2.45) is 0 Å². The molecule has 1 atom stereocenters. The van der Waals surface area contributed by atoms with Gasteiger partial charge in [-0.2, -0.15) is 0 Å². The highest BCUT2D eigenvalue weighted by atomic mass is 35.5. The summed E-state index contributed by atoms with van der Waals surface area (Å²) in [6.07, 6.45) is 0.229. The first-order valence-corrected chi connectivity index (χ1v) is 16.0. The van der Waals surface area contributed by atoms with Crippen molar-refractivity contribution >= 4 is 39.1 Å². The van der Waals surface area contributed by atoms with Gasteiger partial charge < -0.3 is 15.0 Å². The summed E-state index contributed by atoms with van der Waals surface area (Å²) in [7, 11) is -2.66. The standard InChI is InChI=1S/C34H36ClN3O5S/c1-25(2)36-34(40)32(22-26-10-6-4-7-11-26)37(23-27-14-16-28(35)17-15-27)33(39)24-38(29-18-20-30(43-3)21-19-29)44(41,42)31-12-8-5-9-13-31/h4-21,25,32H,22-24H2,1-3H3,(H,36,40)/t32-/m0/s1. The van der Waals surface area contributed by atoms with Crippen LogP contribution in [0.25, 0.3) is 0 Å². The zero-order valence-corrected chi connectivity index (χ0v) is 26.5. The van der Waals surface area contributed by atoms with E-state index in [9.17, 15) is 18.0 Å². The number of carbonyl (C=O) groups is 2. The zero-order valence-electron chi connectivity index (χ0n) is 24.9. The topological polar surface area (TPSA) is 96.0 Å². The molecule has 0 saturated heterocycles. The Kier molecular flexibility index (Phi) is 11.0. The summed E-state index contributed by atoms with van der Waals surface area (Å²) in [4.78, 5) is 29.6. The highest BCUT2D eigenvalue weighted by Crippen LogP contribution is 2.27. The number of ether oxygens (including phenoxy) is 1. The van der Waals surface area contributed by atoms with Crippen LogP contribution in [0.3, 0.4) is 0 Å². The fraction of sp³-hybridized carbons (Fsp3) is 0.235. The average Bonchev–Trinajstić information content (AvgIpc) is 3.03. The van der Waals surface area contributed by atoms with Crippen molar-refractivity contribution < 1.29 is 22.7 Å². The van der Waals surface area contributed by atoms with E-state index in [1.807, 2.05) is 44.2 Å². The van der Waals surface area contributed by atoms with Gasteiger partial charge in [-0.05, 0) is 73.5 Å². The van der Waals surface area contributed by atoms with E-state index in [0.717, 1.165) is 15.4 Å². The highest BCUT2D eigenvalue weighted by Gasteiger charge is 2.34. The second kappa shape index (κ2) is 14.9. The van der Waals surface area contributed by atoms with Gasteiger partial charge in [-0.25, -0.2) is 8.42 Å². The van der Waals surface area contributed by atoms with Crippen LogP contribution in [0.4, 0.5) is 5.69 Å². The lowest BCUT2D eigenvalue weighted by atomic mass is 10.0. The second-order valence-corrected chi connectivity index (χ2v) is 12.8. The Balaban J connectivity index is 1.79. The number of amides is 2. The number of sulfonamides is 1. The van der Waals surface area contributed by atoms with Gasteiger partial charge in [-0.15, -0.1) is 0 Å². The quantitative estimate of drug-likeness (QED) is 0.204. The lowest BCUT2D eigenvalue weighted by Gasteiger charge is -2.34. The van der Waals surface area contributed by atoms with Crippen molar-refractivity contribution in [3.8, 4) is 5.75 Å². The minimum Gasteiger partial charge on any atom is -0.497 e. The van der Waals surface area contributed by atoms with Crippen molar-refractivity contribution in [2.45, 2.75) is 43.8 Å². The molecule has 10 heteroatoms. The summed E-state index contributed by atoms with van der Waals surface area (Å²) in [5, 5.41) is 3.48. The number of halogens is 1. The number of rotatable bonds is 13. The molecule has 1 N–H and O–H groups in total. The van der Waals surface area contributed by atoms with E-state index in [1.54, 1.807) is 66.7 Å². The number of nitrogens with one attached hydrogen (secondary N) is 1. The minimum absolute atomic E-state index is 0.0336. The molecule has 0 aliphatic rings. The summed E-state index contributed by atoms with van der Waals surface area (Å²) >= 11 is 6.13. The van der Waals surface area contributed by atoms with E-state index in [2.05, 4.69) is 5.32 Å². The maximum Gasteiger partial charge on any atom is 0.264 e. The largest absolute Gasteiger partial charge is 0.497 e. The zero-order chi connectivity index (χ0) is 31.7. The first-order chi connectivity index (χ1) is 21.1. The molecule has 4 aromatic carbocycles. The minimum atomic E-state index is -4.18. The molecule has 0 unspecified atom stereocenters. The molecule has 0 saturated carbocycles. The van der Waals surface area contributed by atoms with Crippen LogP contribution in [0.1, 0.15) is 25.0 Å². The molecule has 0 heterocycles. The molecule has 0 spiro atoms. The van der Waals surface area contributed by atoms with Crippen LogP contribution in [-0.2, 0) is 32.6 Å². The molecule has 0 fully saturated rings. The van der Waals surface area contributed by atoms with E-state index in [-0.39, 0.29) is 35.5 Å². The molecule has 2 amide bonds. The Morgan fingerprint density at radius 3 is 1.98 bits per heavy atom. The van der Waals surface area contributed by atoms with Crippen molar-refractivity contribution in [1.82, 2.24) is 10.2 Å². The van der Waals surface area contributed by atoms with Crippen LogP contribution >= 0.6 is 11.6 Å². The van der Waals surface area contributed by atoms with Crippen LogP contribution in [0.15, 0.2) is 114 Å². The van der Waals surface area contributed by atoms with Crippen molar-refractivity contribution in [3.63, 3.8) is 0 Å². The van der Waals surface area contributed by atoms with Gasteiger partial charge in [-0.1, -0.05) is 72.3 Å². The molecular formula is C34H36ClN3O5S. The Bertz CT molecular complexity index is 1630. The van der Waals surface area contributed by atoms with Crippen LogP contribution in [-0.4, -0.2) is 50.9 Å². The lowest BCUT2D eigenvalue weighted by Crippen LogP contribution is -2.54. The second-order valence-electron chi connectivity index (χ2n) is 10.5. The Morgan fingerprint density at radius 1 is 0.818 bits per heavy atom. The summed E-state index contributed by atoms with van der Waals surface area (Å²) in [5.41, 5.74) is 1.87. The summed E-state index contributed by atoms with van der Waals surface area (Å²) in [6.45, 7) is 3.21. The van der Waals surface area contributed by atoms with Gasteiger partial charge in [0.15, 0.2) is 0 Å². The average molecular weight is 634 g/mol. The lowest BCUT2D eigenvalue weighted by molar-refractivity contribution is -0.140. The monoisotopic (exact) mass is 633 g/mol. The van der Waals surface area contributed by atoms with Crippen LogP contribution in [0.2, 0.25) is 5.02 Å². The Morgan fingerprint density at radius 2 is 1.41 bits per heavy atom. The predicted octanol–water partition coefficient (Wildman–Crippen LogP) is 5.71. The van der Waals surface area contributed by atoms with Crippen LogP contribution < -0.4 is 14.4 Å². The molecule has 4 aromatic rings. The summed E-state index contributed by atoms with van der Waals surface area (Å²) in [5.74, 6) is -0.349. The van der Waals surface area contributed by atoms with E-state index in [4.69, 9.17) is 16.3 Å². The normalized spacial score (nSPS) is 11.9. The maximum absolute atomic E-state index is 14.4. The number of methoxy groups -OCH3 is 1. The van der Waals surface area contributed by atoms with E-state index >= 15 is 0 Å². The van der Waals surface area contributed by atoms with Gasteiger partial charge in [-0.3, -0.25) is 13.9 Å². The van der Waals surface area contributed by atoms with Gasteiger partial charge in [0, 0.05) is 24.0 Å². The van der Waals surface area contributed by atoms with Crippen molar-refractivity contribution in [2.75, 3.05) is 18.0 Å². The third-order valence-electron chi connectivity index (χ3n) is 6.94. The number of anilines is 1. The third kappa shape index (κ3) is 8.39. The first-order valence-electron chi connectivity index (χ1n) is 14.2. The molecule has 0 bridgehead atoms. The fourth-order valence-corrected chi connectivity index (χ4v) is 6.28. The van der Waals surface area contributed by atoms with Gasteiger partial charge in [0.05, 0.1) is 17.7 Å². The molecular weight excluding hydrogens is 598 g/mol. The molecule has 0 aliphatic carbocycles. The fourth-order valence-electron chi connectivity index (χ4n) is 4.72. The SMILES string of the molecule is COc1ccc(N(CC(=O)N(Cc2ccc(Cl)cc2)[C@@H](Cc2ccccc2)C(=O)NC(C)C)S(=O)(=O)c2ccccc2)cc1. The predicted molar refractivity (Wildman–Crippen MR) is 173 cm³/mol. The van der Waals surface area contributed by atoms with Crippen molar-refractivity contribution in [1.29, 1.82) is 0 Å². The van der Waals surface area contributed by atoms with E-state index in [0.29, 0.717) is 10.8 Å². The molecule has 44 heavy (non-hydrogen) atoms. The molecule has 0 aromatic heterocycles. The van der Waals surface area contributed by atoms with Gasteiger partial charge in [0.2, 0.25) is 11.8 Å².